The lowest BCUT2D eigenvalue weighted by atomic mass is 10.1. The highest BCUT2D eigenvalue weighted by Gasteiger charge is 2.31. The molecule has 2 amide bonds. The minimum Gasteiger partial charge on any atom is -0.378 e. The number of amides is 2. The Kier molecular flexibility index (Phi) is 4.08. The lowest BCUT2D eigenvalue weighted by molar-refractivity contribution is -0.121. The number of anilines is 2. The molecule has 3 rings (SSSR count). The molecule has 1 fully saturated rings. The summed E-state index contributed by atoms with van der Waals surface area (Å²) in [5.74, 6) is -0.317. The maximum absolute atomic E-state index is 11.9. The number of benzene rings is 1. The van der Waals surface area contributed by atoms with Crippen molar-refractivity contribution in [2.24, 2.45) is 0 Å². The van der Waals surface area contributed by atoms with Gasteiger partial charge in [0.15, 0.2) is 5.69 Å². The normalized spacial score (nSPS) is 14.2. The van der Waals surface area contributed by atoms with E-state index in [0.717, 1.165) is 16.3 Å². The minimum atomic E-state index is -0.158. The predicted molar refractivity (Wildman–Crippen MR) is 87.1 cm³/mol. The molecular formula is C16H14N4O2S. The zero-order valence-electron chi connectivity index (χ0n) is 12.5. The average Bonchev–Trinajstić information content (AvgIpc) is 3.14. The molecule has 0 bridgehead atoms. The standard InChI is InChI=1S/C16H14N4O2S/c1-10-12(18-8-14-19-11(7-17)9-23-14)3-2-4-13(10)20-15(21)5-6-16(20)22/h2-4,9,18H,5-6,8H2,1H3. The summed E-state index contributed by atoms with van der Waals surface area (Å²) in [6, 6.07) is 7.48. The fourth-order valence-electron chi connectivity index (χ4n) is 2.52. The van der Waals surface area contributed by atoms with E-state index in [1.807, 2.05) is 25.1 Å². The number of aromatic nitrogens is 1. The first-order chi connectivity index (χ1) is 11.1. The number of thiazole rings is 1. The molecule has 7 heteroatoms. The molecule has 0 spiro atoms. The van der Waals surface area contributed by atoms with Crippen molar-refractivity contribution >= 4 is 34.5 Å². The van der Waals surface area contributed by atoms with Gasteiger partial charge in [-0.2, -0.15) is 5.26 Å². The van der Waals surface area contributed by atoms with Gasteiger partial charge in [-0.25, -0.2) is 4.98 Å². The number of carbonyl (C=O) groups is 2. The van der Waals surface area contributed by atoms with Crippen molar-refractivity contribution in [2.45, 2.75) is 26.3 Å². The summed E-state index contributed by atoms with van der Waals surface area (Å²) >= 11 is 1.41. The van der Waals surface area contributed by atoms with Crippen LogP contribution in [0.25, 0.3) is 0 Å². The largest absolute Gasteiger partial charge is 0.378 e. The molecule has 1 N–H and O–H groups in total. The van der Waals surface area contributed by atoms with Crippen molar-refractivity contribution in [3.8, 4) is 6.07 Å². The molecule has 2 aromatic rings. The van der Waals surface area contributed by atoms with Crippen LogP contribution in [0.1, 0.15) is 29.1 Å². The van der Waals surface area contributed by atoms with Crippen LogP contribution in [-0.2, 0) is 16.1 Å². The number of carbonyl (C=O) groups excluding carboxylic acids is 2. The quantitative estimate of drug-likeness (QED) is 0.873. The monoisotopic (exact) mass is 326 g/mol. The van der Waals surface area contributed by atoms with Crippen LogP contribution >= 0.6 is 11.3 Å². The van der Waals surface area contributed by atoms with Gasteiger partial charge in [-0.15, -0.1) is 11.3 Å². The second-order valence-electron chi connectivity index (χ2n) is 5.16. The van der Waals surface area contributed by atoms with Crippen LogP contribution in [0.3, 0.4) is 0 Å². The van der Waals surface area contributed by atoms with E-state index in [1.54, 1.807) is 11.4 Å². The minimum absolute atomic E-state index is 0.158. The summed E-state index contributed by atoms with van der Waals surface area (Å²) in [5.41, 5.74) is 2.71. The van der Waals surface area contributed by atoms with Gasteiger partial charge in [0.25, 0.3) is 0 Å². The second-order valence-corrected chi connectivity index (χ2v) is 6.11. The maximum atomic E-state index is 11.9. The zero-order chi connectivity index (χ0) is 16.4. The molecule has 0 saturated carbocycles. The highest BCUT2D eigenvalue weighted by atomic mass is 32.1. The lowest BCUT2D eigenvalue weighted by Crippen LogP contribution is -2.29. The van der Waals surface area contributed by atoms with Crippen molar-refractivity contribution in [1.29, 1.82) is 5.26 Å². The molecule has 0 atom stereocenters. The molecule has 0 unspecified atom stereocenters. The van der Waals surface area contributed by atoms with Crippen molar-refractivity contribution in [1.82, 2.24) is 4.98 Å². The van der Waals surface area contributed by atoms with E-state index in [4.69, 9.17) is 5.26 Å². The first kappa shape index (κ1) is 15.2. The van der Waals surface area contributed by atoms with E-state index >= 15 is 0 Å². The van der Waals surface area contributed by atoms with Crippen molar-refractivity contribution in [2.75, 3.05) is 10.2 Å². The van der Waals surface area contributed by atoms with Crippen LogP contribution in [0.4, 0.5) is 11.4 Å². The zero-order valence-corrected chi connectivity index (χ0v) is 13.3. The number of imide groups is 1. The first-order valence-corrected chi connectivity index (χ1v) is 8.02. The van der Waals surface area contributed by atoms with Gasteiger partial charge in [-0.3, -0.25) is 14.5 Å². The molecule has 1 aromatic carbocycles. The third-order valence-electron chi connectivity index (χ3n) is 3.69. The molecule has 23 heavy (non-hydrogen) atoms. The number of hydrogen-bond acceptors (Lipinski definition) is 6. The molecule has 1 aromatic heterocycles. The van der Waals surface area contributed by atoms with Gasteiger partial charge in [0.2, 0.25) is 11.8 Å². The van der Waals surface area contributed by atoms with E-state index < -0.39 is 0 Å². The molecular weight excluding hydrogens is 312 g/mol. The van der Waals surface area contributed by atoms with Crippen molar-refractivity contribution in [3.63, 3.8) is 0 Å². The lowest BCUT2D eigenvalue weighted by Gasteiger charge is -2.19. The molecule has 6 nitrogen and oxygen atoms in total. The third-order valence-corrected chi connectivity index (χ3v) is 4.54. The fourth-order valence-corrected chi connectivity index (χ4v) is 3.18. The van der Waals surface area contributed by atoms with Gasteiger partial charge >= 0.3 is 0 Å². The van der Waals surface area contributed by atoms with Crippen molar-refractivity contribution < 1.29 is 9.59 Å². The Morgan fingerprint density at radius 3 is 2.74 bits per heavy atom. The maximum Gasteiger partial charge on any atom is 0.234 e. The molecule has 1 saturated heterocycles. The molecule has 1 aliphatic heterocycles. The van der Waals surface area contributed by atoms with Crippen LogP contribution < -0.4 is 10.2 Å². The van der Waals surface area contributed by atoms with Gasteiger partial charge in [0.1, 0.15) is 11.1 Å². The summed E-state index contributed by atoms with van der Waals surface area (Å²) in [5, 5.41) is 14.6. The van der Waals surface area contributed by atoms with Crippen LogP contribution in [0.15, 0.2) is 23.6 Å². The van der Waals surface area contributed by atoms with Gasteiger partial charge in [0, 0.05) is 23.9 Å². The Morgan fingerprint density at radius 1 is 1.35 bits per heavy atom. The molecule has 2 heterocycles. The summed E-state index contributed by atoms with van der Waals surface area (Å²) in [4.78, 5) is 29.3. The van der Waals surface area contributed by atoms with Crippen LogP contribution in [0, 0.1) is 18.3 Å². The summed E-state index contributed by atoms with van der Waals surface area (Å²) in [6.07, 6.45) is 0.540. The molecule has 1 aliphatic rings. The van der Waals surface area contributed by atoms with Crippen LogP contribution in [-0.4, -0.2) is 16.8 Å². The van der Waals surface area contributed by atoms with Crippen molar-refractivity contribution in [3.05, 3.63) is 39.8 Å². The van der Waals surface area contributed by atoms with E-state index in [2.05, 4.69) is 10.3 Å². The van der Waals surface area contributed by atoms with E-state index in [1.165, 1.54) is 16.2 Å². The topological polar surface area (TPSA) is 86.1 Å². The van der Waals surface area contributed by atoms with Crippen LogP contribution in [0.2, 0.25) is 0 Å². The number of hydrogen-bond donors (Lipinski definition) is 1. The number of rotatable bonds is 4. The molecule has 0 radical (unpaired) electrons. The second kappa shape index (κ2) is 6.18. The highest BCUT2D eigenvalue weighted by Crippen LogP contribution is 2.30. The van der Waals surface area contributed by atoms with E-state index in [0.29, 0.717) is 17.9 Å². The average molecular weight is 326 g/mol. The van der Waals surface area contributed by atoms with E-state index in [9.17, 15) is 9.59 Å². The van der Waals surface area contributed by atoms with Gasteiger partial charge < -0.3 is 5.32 Å². The number of nitriles is 1. The Labute approximate surface area is 137 Å². The van der Waals surface area contributed by atoms with Gasteiger partial charge in [-0.05, 0) is 24.6 Å². The SMILES string of the molecule is Cc1c(NCc2nc(C#N)cs2)cccc1N1C(=O)CCC1=O. The van der Waals surface area contributed by atoms with E-state index in [-0.39, 0.29) is 24.7 Å². The Hall–Kier alpha value is -2.72. The number of nitrogens with zero attached hydrogens (tertiary/aromatic N) is 3. The summed E-state index contributed by atoms with van der Waals surface area (Å²) < 4.78 is 0. The van der Waals surface area contributed by atoms with Crippen LogP contribution in [0.5, 0.6) is 0 Å². The Morgan fingerprint density at radius 2 is 2.09 bits per heavy atom. The Bertz CT molecular complexity index is 806. The molecule has 0 aliphatic carbocycles. The predicted octanol–water partition coefficient (Wildman–Crippen LogP) is 2.59. The highest BCUT2D eigenvalue weighted by molar-refractivity contribution is 7.09. The van der Waals surface area contributed by atoms with Gasteiger partial charge in [-0.1, -0.05) is 6.07 Å². The smallest absolute Gasteiger partial charge is 0.234 e. The Balaban J connectivity index is 1.81. The first-order valence-electron chi connectivity index (χ1n) is 7.14. The molecule has 116 valence electrons. The van der Waals surface area contributed by atoms with Gasteiger partial charge in [0.05, 0.1) is 12.2 Å². The third kappa shape index (κ3) is 2.94. The fraction of sp³-hybridized carbons (Fsp3) is 0.250. The number of nitrogens with one attached hydrogen (secondary N) is 1. The summed E-state index contributed by atoms with van der Waals surface area (Å²) in [7, 11) is 0. The summed E-state index contributed by atoms with van der Waals surface area (Å²) in [6.45, 7) is 2.36.